The fourth-order valence-electron chi connectivity index (χ4n) is 2.53. The molecule has 0 aromatic heterocycles. The number of amides is 2. The van der Waals surface area contributed by atoms with Gasteiger partial charge in [0, 0.05) is 32.2 Å². The maximum Gasteiger partial charge on any atom is 0.407 e. The van der Waals surface area contributed by atoms with Crippen molar-refractivity contribution in [1.82, 2.24) is 15.5 Å². The second-order valence-electron chi connectivity index (χ2n) is 5.51. The van der Waals surface area contributed by atoms with E-state index >= 15 is 0 Å². The molecule has 0 radical (unpaired) electrons. The van der Waals surface area contributed by atoms with E-state index in [1.54, 1.807) is 0 Å². The molecule has 1 heterocycles. The van der Waals surface area contributed by atoms with Gasteiger partial charge in [0.15, 0.2) is 0 Å². The molecule has 0 saturated carbocycles. The topological polar surface area (TPSA) is 90.9 Å². The third kappa shape index (κ3) is 6.15. The average molecular weight is 321 g/mol. The van der Waals surface area contributed by atoms with Gasteiger partial charge in [-0.1, -0.05) is 30.3 Å². The van der Waals surface area contributed by atoms with Crippen molar-refractivity contribution in [2.24, 2.45) is 0 Å². The van der Waals surface area contributed by atoms with Crippen molar-refractivity contribution < 1.29 is 19.4 Å². The molecule has 2 rings (SSSR count). The van der Waals surface area contributed by atoms with Crippen LogP contribution in [0.1, 0.15) is 18.4 Å². The molecule has 126 valence electrons. The summed E-state index contributed by atoms with van der Waals surface area (Å²) in [6.45, 7) is 2.36. The standard InChI is InChI=1S/C16H23N3O4/c20-15(23-12-13-5-2-1-3-6-13)18-9-8-17-14-7-4-10-19(11-14)16(21)22/h1-3,5-6,14,17H,4,7-12H2,(H,18,20)(H,21,22). The summed E-state index contributed by atoms with van der Waals surface area (Å²) < 4.78 is 5.10. The molecule has 1 unspecified atom stereocenters. The zero-order valence-corrected chi connectivity index (χ0v) is 13.0. The molecule has 1 atom stereocenters. The van der Waals surface area contributed by atoms with Gasteiger partial charge < -0.3 is 25.4 Å². The molecule has 3 N–H and O–H groups in total. The van der Waals surface area contributed by atoms with Crippen molar-refractivity contribution in [3.8, 4) is 0 Å². The van der Waals surface area contributed by atoms with Gasteiger partial charge in [-0.15, -0.1) is 0 Å². The second kappa shape index (κ2) is 8.99. The number of nitrogens with zero attached hydrogens (tertiary/aromatic N) is 1. The molecular formula is C16H23N3O4. The van der Waals surface area contributed by atoms with Gasteiger partial charge in [0.25, 0.3) is 0 Å². The zero-order chi connectivity index (χ0) is 16.5. The lowest BCUT2D eigenvalue weighted by molar-refractivity contribution is 0.126. The van der Waals surface area contributed by atoms with Gasteiger partial charge in [-0.3, -0.25) is 0 Å². The molecule has 7 heteroatoms. The van der Waals surface area contributed by atoms with E-state index in [1.807, 2.05) is 30.3 Å². The number of hydrogen-bond acceptors (Lipinski definition) is 4. The SMILES string of the molecule is O=C(NCCNC1CCCN(C(=O)O)C1)OCc1ccccc1. The molecule has 1 fully saturated rings. The van der Waals surface area contributed by atoms with Crippen LogP contribution in [0.3, 0.4) is 0 Å². The highest BCUT2D eigenvalue weighted by Crippen LogP contribution is 2.09. The normalized spacial score (nSPS) is 17.6. The molecule has 0 spiro atoms. The van der Waals surface area contributed by atoms with E-state index in [9.17, 15) is 9.59 Å². The first kappa shape index (κ1) is 17.1. The summed E-state index contributed by atoms with van der Waals surface area (Å²) in [5.41, 5.74) is 0.941. The monoisotopic (exact) mass is 321 g/mol. The summed E-state index contributed by atoms with van der Waals surface area (Å²) in [4.78, 5) is 23.9. The molecule has 1 aromatic carbocycles. The minimum atomic E-state index is -0.876. The number of nitrogens with one attached hydrogen (secondary N) is 2. The Labute approximate surface area is 135 Å². The number of hydrogen-bond donors (Lipinski definition) is 3. The number of carbonyl (C=O) groups is 2. The van der Waals surface area contributed by atoms with Crippen molar-refractivity contribution >= 4 is 12.2 Å². The van der Waals surface area contributed by atoms with E-state index in [2.05, 4.69) is 10.6 Å². The Morgan fingerprint density at radius 1 is 1.26 bits per heavy atom. The minimum Gasteiger partial charge on any atom is -0.465 e. The first-order valence-electron chi connectivity index (χ1n) is 7.81. The summed E-state index contributed by atoms with van der Waals surface area (Å²) >= 11 is 0. The molecule has 23 heavy (non-hydrogen) atoms. The molecule has 0 bridgehead atoms. The van der Waals surface area contributed by atoms with Crippen molar-refractivity contribution in [3.63, 3.8) is 0 Å². The fourth-order valence-corrected chi connectivity index (χ4v) is 2.53. The van der Waals surface area contributed by atoms with Gasteiger partial charge >= 0.3 is 12.2 Å². The van der Waals surface area contributed by atoms with Crippen molar-refractivity contribution in [1.29, 1.82) is 0 Å². The molecule has 0 aliphatic carbocycles. The first-order valence-corrected chi connectivity index (χ1v) is 7.81. The Hall–Kier alpha value is -2.28. The van der Waals surface area contributed by atoms with Crippen molar-refractivity contribution in [3.05, 3.63) is 35.9 Å². The third-order valence-electron chi connectivity index (χ3n) is 3.73. The number of rotatable bonds is 6. The van der Waals surface area contributed by atoms with Crippen LogP contribution in [0.2, 0.25) is 0 Å². The van der Waals surface area contributed by atoms with Gasteiger partial charge in [0.1, 0.15) is 6.61 Å². The molecule has 2 amide bonds. The summed E-state index contributed by atoms with van der Waals surface area (Å²) in [6.07, 6.45) is 0.476. The predicted molar refractivity (Wildman–Crippen MR) is 85.3 cm³/mol. The Morgan fingerprint density at radius 2 is 2.04 bits per heavy atom. The molecular weight excluding hydrogens is 298 g/mol. The van der Waals surface area contributed by atoms with Gasteiger partial charge in [0.2, 0.25) is 0 Å². The molecule has 1 aromatic rings. The highest BCUT2D eigenvalue weighted by Gasteiger charge is 2.22. The van der Waals surface area contributed by atoms with E-state index in [0.29, 0.717) is 26.2 Å². The quantitative estimate of drug-likeness (QED) is 0.693. The lowest BCUT2D eigenvalue weighted by atomic mass is 10.1. The largest absolute Gasteiger partial charge is 0.465 e. The molecule has 7 nitrogen and oxygen atoms in total. The summed E-state index contributed by atoms with van der Waals surface area (Å²) in [5, 5.41) is 14.9. The lowest BCUT2D eigenvalue weighted by Gasteiger charge is -2.31. The average Bonchev–Trinajstić information content (AvgIpc) is 2.58. The number of carbonyl (C=O) groups excluding carboxylic acids is 1. The van der Waals surface area contributed by atoms with Crippen molar-refractivity contribution in [2.75, 3.05) is 26.2 Å². The van der Waals surface area contributed by atoms with Gasteiger partial charge in [-0.2, -0.15) is 0 Å². The minimum absolute atomic E-state index is 0.141. The van der Waals surface area contributed by atoms with Crippen LogP contribution in [0.4, 0.5) is 9.59 Å². The number of ether oxygens (including phenoxy) is 1. The highest BCUT2D eigenvalue weighted by atomic mass is 16.5. The highest BCUT2D eigenvalue weighted by molar-refractivity contribution is 5.67. The van der Waals surface area contributed by atoms with E-state index < -0.39 is 12.2 Å². The number of piperidine rings is 1. The van der Waals surface area contributed by atoms with E-state index in [4.69, 9.17) is 9.84 Å². The zero-order valence-electron chi connectivity index (χ0n) is 13.0. The van der Waals surface area contributed by atoms with Crippen LogP contribution in [-0.2, 0) is 11.3 Å². The van der Waals surface area contributed by atoms with Gasteiger partial charge in [-0.25, -0.2) is 9.59 Å². The molecule has 1 aliphatic rings. The predicted octanol–water partition coefficient (Wildman–Crippen LogP) is 1.64. The van der Waals surface area contributed by atoms with Gasteiger partial charge in [0.05, 0.1) is 0 Å². The van der Waals surface area contributed by atoms with Gasteiger partial charge in [-0.05, 0) is 18.4 Å². The maximum absolute atomic E-state index is 11.6. The lowest BCUT2D eigenvalue weighted by Crippen LogP contribution is -2.49. The summed E-state index contributed by atoms with van der Waals surface area (Å²) in [5.74, 6) is 0. The van der Waals surface area contributed by atoms with Crippen molar-refractivity contribution in [2.45, 2.75) is 25.5 Å². The Kier molecular flexibility index (Phi) is 6.68. The van der Waals surface area contributed by atoms with Crippen LogP contribution in [0.5, 0.6) is 0 Å². The number of carboxylic acid groups (broad SMARTS) is 1. The maximum atomic E-state index is 11.6. The molecule has 1 aliphatic heterocycles. The Balaban J connectivity index is 1.56. The van der Waals surface area contributed by atoms with E-state index in [-0.39, 0.29) is 12.6 Å². The van der Waals surface area contributed by atoms with E-state index in [1.165, 1.54) is 4.90 Å². The van der Waals surface area contributed by atoms with Crippen LogP contribution in [-0.4, -0.2) is 54.4 Å². The summed E-state index contributed by atoms with van der Waals surface area (Å²) in [7, 11) is 0. The van der Waals surface area contributed by atoms with Crippen LogP contribution in [0.25, 0.3) is 0 Å². The van der Waals surface area contributed by atoms with Crippen LogP contribution < -0.4 is 10.6 Å². The smallest absolute Gasteiger partial charge is 0.407 e. The third-order valence-corrected chi connectivity index (χ3v) is 3.73. The second-order valence-corrected chi connectivity index (χ2v) is 5.51. The van der Waals surface area contributed by atoms with Crippen LogP contribution in [0, 0.1) is 0 Å². The Bertz CT molecular complexity index is 509. The summed E-state index contributed by atoms with van der Waals surface area (Å²) in [6, 6.07) is 9.63. The van der Waals surface area contributed by atoms with Crippen LogP contribution in [0.15, 0.2) is 30.3 Å². The number of alkyl carbamates (subject to hydrolysis) is 1. The Morgan fingerprint density at radius 3 is 2.78 bits per heavy atom. The van der Waals surface area contributed by atoms with E-state index in [0.717, 1.165) is 18.4 Å². The fraction of sp³-hybridized carbons (Fsp3) is 0.500. The van der Waals surface area contributed by atoms with Crippen LogP contribution >= 0.6 is 0 Å². The number of likely N-dealkylation sites (tertiary alicyclic amines) is 1. The number of benzene rings is 1. The molecule has 1 saturated heterocycles. The first-order chi connectivity index (χ1) is 11.1.